The number of carbonyl (C=O) groups excluding carboxylic acids is 1. The number of amides is 1. The van der Waals surface area contributed by atoms with Gasteiger partial charge in [0.2, 0.25) is 0 Å². The SMILES string of the molecule is CC(c1ccc(-n2cncn2)cc1)N(C)C(=O)c1[nH]c2ccccc2c1Cl. The van der Waals surface area contributed by atoms with Gasteiger partial charge in [0.1, 0.15) is 18.3 Å². The van der Waals surface area contributed by atoms with E-state index in [-0.39, 0.29) is 11.9 Å². The van der Waals surface area contributed by atoms with Gasteiger partial charge >= 0.3 is 0 Å². The predicted octanol–water partition coefficient (Wildman–Crippen LogP) is 4.24. The lowest BCUT2D eigenvalue weighted by Gasteiger charge is -2.25. The zero-order valence-corrected chi connectivity index (χ0v) is 15.7. The number of hydrogen-bond donors (Lipinski definition) is 1. The van der Waals surface area contributed by atoms with Gasteiger partial charge in [0.15, 0.2) is 0 Å². The first-order chi connectivity index (χ1) is 13.1. The minimum Gasteiger partial charge on any atom is -0.349 e. The van der Waals surface area contributed by atoms with E-state index in [0.29, 0.717) is 10.7 Å². The maximum atomic E-state index is 13.0. The Morgan fingerprint density at radius 1 is 1.19 bits per heavy atom. The zero-order chi connectivity index (χ0) is 19.0. The molecule has 27 heavy (non-hydrogen) atoms. The molecule has 0 radical (unpaired) electrons. The van der Waals surface area contributed by atoms with Gasteiger partial charge in [-0.1, -0.05) is 41.9 Å². The number of fused-ring (bicyclic) bond motifs is 1. The number of halogens is 1. The van der Waals surface area contributed by atoms with Crippen LogP contribution in [0.4, 0.5) is 0 Å². The molecule has 7 heteroatoms. The highest BCUT2D eigenvalue weighted by Gasteiger charge is 2.23. The summed E-state index contributed by atoms with van der Waals surface area (Å²) in [7, 11) is 1.78. The van der Waals surface area contributed by atoms with Gasteiger partial charge in [-0.2, -0.15) is 5.10 Å². The lowest BCUT2D eigenvalue weighted by Crippen LogP contribution is -2.30. The Labute approximate surface area is 161 Å². The standard InChI is InChI=1S/C20H18ClN5O/c1-13(14-7-9-15(10-8-14)26-12-22-11-23-26)25(2)20(27)19-18(21)16-5-3-4-6-17(16)24-19/h3-13,24H,1-2H3. The number of benzene rings is 2. The van der Waals surface area contributed by atoms with E-state index in [1.54, 1.807) is 23.0 Å². The van der Waals surface area contributed by atoms with Crippen molar-refractivity contribution in [1.82, 2.24) is 24.6 Å². The van der Waals surface area contributed by atoms with Crippen LogP contribution in [0.25, 0.3) is 16.6 Å². The van der Waals surface area contributed by atoms with Crippen molar-refractivity contribution in [3.63, 3.8) is 0 Å². The highest BCUT2D eigenvalue weighted by Crippen LogP contribution is 2.30. The number of aromatic nitrogens is 4. The molecule has 0 fully saturated rings. The van der Waals surface area contributed by atoms with Gasteiger partial charge in [-0.05, 0) is 30.7 Å². The summed E-state index contributed by atoms with van der Waals surface area (Å²) >= 11 is 6.43. The molecule has 4 rings (SSSR count). The quantitative estimate of drug-likeness (QED) is 0.576. The van der Waals surface area contributed by atoms with Crippen LogP contribution in [0.1, 0.15) is 29.0 Å². The summed E-state index contributed by atoms with van der Waals surface area (Å²) in [6.45, 7) is 1.99. The number of para-hydroxylation sites is 1. The molecule has 0 spiro atoms. The Balaban J connectivity index is 1.58. The van der Waals surface area contributed by atoms with Crippen LogP contribution in [0, 0.1) is 0 Å². The molecule has 1 amide bonds. The van der Waals surface area contributed by atoms with Gasteiger partial charge in [0, 0.05) is 18.0 Å². The van der Waals surface area contributed by atoms with Gasteiger partial charge < -0.3 is 9.88 Å². The molecule has 4 aromatic rings. The fraction of sp³-hybridized carbons (Fsp3) is 0.150. The predicted molar refractivity (Wildman–Crippen MR) is 105 cm³/mol. The van der Waals surface area contributed by atoms with Crippen LogP contribution >= 0.6 is 11.6 Å². The lowest BCUT2D eigenvalue weighted by molar-refractivity contribution is 0.0738. The minimum atomic E-state index is -0.149. The Morgan fingerprint density at radius 3 is 2.59 bits per heavy atom. The number of aromatic amines is 1. The monoisotopic (exact) mass is 379 g/mol. The molecule has 1 unspecified atom stereocenters. The molecular weight excluding hydrogens is 362 g/mol. The molecule has 0 bridgehead atoms. The molecule has 0 saturated carbocycles. The Morgan fingerprint density at radius 2 is 1.93 bits per heavy atom. The maximum absolute atomic E-state index is 13.0. The zero-order valence-electron chi connectivity index (χ0n) is 14.9. The summed E-state index contributed by atoms with van der Waals surface area (Å²) in [5.74, 6) is -0.149. The Kier molecular flexibility index (Phi) is 4.41. The van der Waals surface area contributed by atoms with E-state index in [9.17, 15) is 4.79 Å². The van der Waals surface area contributed by atoms with Crippen molar-refractivity contribution in [2.75, 3.05) is 7.05 Å². The minimum absolute atomic E-state index is 0.121. The number of carbonyl (C=O) groups is 1. The van der Waals surface area contributed by atoms with Crippen LogP contribution in [0.5, 0.6) is 0 Å². The van der Waals surface area contributed by atoms with Crippen molar-refractivity contribution in [2.45, 2.75) is 13.0 Å². The molecule has 0 aliphatic heterocycles. The maximum Gasteiger partial charge on any atom is 0.272 e. The average molecular weight is 380 g/mol. The van der Waals surface area contributed by atoms with Gasteiger partial charge in [0.25, 0.3) is 5.91 Å². The van der Waals surface area contributed by atoms with E-state index < -0.39 is 0 Å². The molecular formula is C20H18ClN5O. The summed E-state index contributed by atoms with van der Waals surface area (Å²) in [4.78, 5) is 21.8. The van der Waals surface area contributed by atoms with E-state index in [4.69, 9.17) is 11.6 Å². The highest BCUT2D eigenvalue weighted by atomic mass is 35.5. The molecule has 2 heterocycles. The van der Waals surface area contributed by atoms with E-state index in [1.807, 2.05) is 55.5 Å². The van der Waals surface area contributed by atoms with Crippen LogP contribution in [0.15, 0.2) is 61.2 Å². The summed E-state index contributed by atoms with van der Waals surface area (Å²) in [6.07, 6.45) is 3.14. The summed E-state index contributed by atoms with van der Waals surface area (Å²) in [6, 6.07) is 15.4. The van der Waals surface area contributed by atoms with Crippen molar-refractivity contribution < 1.29 is 4.79 Å². The molecule has 6 nitrogen and oxygen atoms in total. The molecule has 2 aromatic heterocycles. The fourth-order valence-corrected chi connectivity index (χ4v) is 3.37. The summed E-state index contributed by atoms with van der Waals surface area (Å²) < 4.78 is 1.69. The van der Waals surface area contributed by atoms with E-state index in [2.05, 4.69) is 15.1 Å². The first-order valence-corrected chi connectivity index (χ1v) is 8.92. The summed E-state index contributed by atoms with van der Waals surface area (Å²) in [5, 5.41) is 5.42. The highest BCUT2D eigenvalue weighted by molar-refractivity contribution is 6.38. The second kappa shape index (κ2) is 6.89. The van der Waals surface area contributed by atoms with Gasteiger partial charge in [-0.3, -0.25) is 4.79 Å². The number of nitrogens with zero attached hydrogens (tertiary/aromatic N) is 4. The molecule has 0 saturated heterocycles. The number of nitrogens with one attached hydrogen (secondary N) is 1. The third-order valence-corrected chi connectivity index (χ3v) is 5.21. The van der Waals surface area contributed by atoms with Crippen molar-refractivity contribution >= 4 is 28.4 Å². The number of rotatable bonds is 4. The average Bonchev–Trinajstić information content (AvgIpc) is 3.35. The third kappa shape index (κ3) is 3.08. The number of hydrogen-bond acceptors (Lipinski definition) is 3. The van der Waals surface area contributed by atoms with Gasteiger partial charge in [0.05, 0.1) is 16.8 Å². The molecule has 1 N–H and O–H groups in total. The van der Waals surface area contributed by atoms with Crippen molar-refractivity contribution in [3.8, 4) is 5.69 Å². The fourth-order valence-electron chi connectivity index (χ4n) is 3.08. The molecule has 136 valence electrons. The van der Waals surface area contributed by atoms with Gasteiger partial charge in [-0.15, -0.1) is 0 Å². The molecule has 2 aromatic carbocycles. The normalized spacial score (nSPS) is 12.3. The number of H-pyrrole nitrogens is 1. The van der Waals surface area contributed by atoms with Gasteiger partial charge in [-0.25, -0.2) is 9.67 Å². The smallest absolute Gasteiger partial charge is 0.272 e. The Bertz CT molecular complexity index is 1090. The van der Waals surface area contributed by atoms with Crippen LogP contribution in [0.2, 0.25) is 5.02 Å². The molecule has 0 aliphatic carbocycles. The Hall–Kier alpha value is -3.12. The van der Waals surface area contributed by atoms with Crippen molar-refractivity contribution in [3.05, 3.63) is 77.5 Å². The van der Waals surface area contributed by atoms with Crippen LogP contribution in [0.3, 0.4) is 0 Å². The van der Waals surface area contributed by atoms with Crippen molar-refractivity contribution in [2.24, 2.45) is 0 Å². The summed E-state index contributed by atoms with van der Waals surface area (Å²) in [5.41, 5.74) is 3.19. The van der Waals surface area contributed by atoms with Crippen molar-refractivity contribution in [1.29, 1.82) is 0 Å². The van der Waals surface area contributed by atoms with Crippen LogP contribution < -0.4 is 0 Å². The molecule has 1 atom stereocenters. The first kappa shape index (κ1) is 17.3. The lowest BCUT2D eigenvalue weighted by atomic mass is 10.1. The second-order valence-electron chi connectivity index (χ2n) is 6.38. The van der Waals surface area contributed by atoms with E-state index in [0.717, 1.165) is 22.2 Å². The van der Waals surface area contributed by atoms with E-state index in [1.165, 1.54) is 6.33 Å². The third-order valence-electron chi connectivity index (χ3n) is 4.82. The molecule has 0 aliphatic rings. The first-order valence-electron chi connectivity index (χ1n) is 8.54. The van der Waals surface area contributed by atoms with Crippen LogP contribution in [-0.2, 0) is 0 Å². The van der Waals surface area contributed by atoms with E-state index >= 15 is 0 Å². The van der Waals surface area contributed by atoms with Crippen LogP contribution in [-0.4, -0.2) is 37.6 Å². The topological polar surface area (TPSA) is 66.8 Å². The largest absolute Gasteiger partial charge is 0.349 e. The second-order valence-corrected chi connectivity index (χ2v) is 6.76.